The lowest BCUT2D eigenvalue weighted by Gasteiger charge is -2.12. The molecule has 2 aliphatic rings. The second-order valence-electron chi connectivity index (χ2n) is 11.4. The van der Waals surface area contributed by atoms with Crippen molar-refractivity contribution < 1.29 is 14.3 Å². The Labute approximate surface area is 284 Å². The van der Waals surface area contributed by atoms with E-state index < -0.39 is 0 Å². The van der Waals surface area contributed by atoms with Crippen LogP contribution in [0.15, 0.2) is 76.9 Å². The lowest BCUT2D eigenvalue weighted by atomic mass is 10.0. The van der Waals surface area contributed by atoms with Gasteiger partial charge in [-0.15, -0.1) is 0 Å². The summed E-state index contributed by atoms with van der Waals surface area (Å²) >= 11 is 0. The Kier molecular flexibility index (Phi) is 22.9. The second-order valence-corrected chi connectivity index (χ2v) is 11.4. The van der Waals surface area contributed by atoms with E-state index in [4.69, 9.17) is 5.73 Å². The first-order valence-electron chi connectivity index (χ1n) is 17.5. The van der Waals surface area contributed by atoms with E-state index in [0.29, 0.717) is 44.1 Å². The molecule has 2 fully saturated rings. The highest BCUT2D eigenvalue weighted by atomic mass is 16.5. The first-order chi connectivity index (χ1) is 22.9. The molecule has 2 amide bonds. The van der Waals surface area contributed by atoms with Gasteiger partial charge >= 0.3 is 0 Å². The van der Waals surface area contributed by atoms with E-state index >= 15 is 0 Å². The second kappa shape index (κ2) is 26.2. The first kappa shape index (κ1) is 41.1. The summed E-state index contributed by atoms with van der Waals surface area (Å²) in [5.74, 6) is 1.41. The number of hydrogen-bond acceptors (Lipinski definition) is 5. The number of methoxy groups -OCH3 is 1. The molecule has 47 heavy (non-hydrogen) atoms. The summed E-state index contributed by atoms with van der Waals surface area (Å²) in [4.78, 5) is 26.7. The van der Waals surface area contributed by atoms with Gasteiger partial charge in [-0.3, -0.25) is 14.6 Å². The number of nitrogens with zero attached hydrogens (tertiary/aromatic N) is 1. The van der Waals surface area contributed by atoms with Gasteiger partial charge in [-0.05, 0) is 80.5 Å². The minimum absolute atomic E-state index is 0.0897. The number of nitrogens with two attached hydrogens (primary N) is 1. The Morgan fingerprint density at radius 2 is 1.49 bits per heavy atom. The van der Waals surface area contributed by atoms with Crippen LogP contribution in [-0.2, 0) is 9.53 Å². The molecule has 260 valence electrons. The fourth-order valence-electron chi connectivity index (χ4n) is 4.75. The van der Waals surface area contributed by atoms with E-state index in [-0.39, 0.29) is 5.91 Å². The summed E-state index contributed by atoms with van der Waals surface area (Å²) in [5, 5.41) is 8.96. The largest absolute Gasteiger partial charge is 0.399 e. The van der Waals surface area contributed by atoms with Gasteiger partial charge in [0.25, 0.3) is 5.91 Å². The van der Waals surface area contributed by atoms with Crippen molar-refractivity contribution in [2.45, 2.75) is 92.4 Å². The summed E-state index contributed by atoms with van der Waals surface area (Å²) in [5.41, 5.74) is 11.6. The maximum atomic E-state index is 12.6. The molecule has 4 rings (SSSR count). The van der Waals surface area contributed by atoms with Crippen molar-refractivity contribution in [3.05, 3.63) is 77.5 Å². The number of allylic oxidation sites excluding steroid dienone is 2. The SMILES string of the molecule is C1CCCCC1.CC.CC/C=C(/NC(/C=C(\C)CNC(=O)c1ccc(-c2ccc(N)cc2)cc1)=NCC)C1CC1.COCCNC=O. The average molecular weight is 648 g/mol. The zero-order valence-corrected chi connectivity index (χ0v) is 29.9. The molecule has 0 radical (unpaired) electrons. The third kappa shape index (κ3) is 18.7. The van der Waals surface area contributed by atoms with Gasteiger partial charge in [0.15, 0.2) is 0 Å². The number of carbonyl (C=O) groups is 2. The fraction of sp³-hybridized carbons (Fsp3) is 0.513. The van der Waals surface area contributed by atoms with Crippen LogP contribution in [0.5, 0.6) is 0 Å². The maximum Gasteiger partial charge on any atom is 0.251 e. The van der Waals surface area contributed by atoms with Crippen molar-refractivity contribution in [1.82, 2.24) is 16.0 Å². The lowest BCUT2D eigenvalue weighted by molar-refractivity contribution is -0.109. The van der Waals surface area contributed by atoms with Crippen LogP contribution in [0.4, 0.5) is 5.69 Å². The Balaban J connectivity index is 0.000000608. The molecular weight excluding hydrogens is 586 g/mol. The van der Waals surface area contributed by atoms with Gasteiger partial charge < -0.3 is 26.4 Å². The van der Waals surface area contributed by atoms with Crippen molar-refractivity contribution in [3.63, 3.8) is 0 Å². The highest BCUT2D eigenvalue weighted by Gasteiger charge is 2.26. The number of aliphatic imine (C=N–C) groups is 1. The molecule has 0 heterocycles. The van der Waals surface area contributed by atoms with Crippen molar-refractivity contribution >= 4 is 23.8 Å². The van der Waals surface area contributed by atoms with Crippen molar-refractivity contribution in [2.24, 2.45) is 10.9 Å². The van der Waals surface area contributed by atoms with Gasteiger partial charge in [0.1, 0.15) is 5.84 Å². The summed E-state index contributed by atoms with van der Waals surface area (Å²) < 4.78 is 4.62. The lowest BCUT2D eigenvalue weighted by Crippen LogP contribution is -2.27. The molecule has 0 unspecified atom stereocenters. The van der Waals surface area contributed by atoms with E-state index in [1.165, 1.54) is 57.1 Å². The van der Waals surface area contributed by atoms with Crippen LogP contribution in [-0.4, -0.2) is 51.5 Å². The number of hydrogen-bond donors (Lipinski definition) is 4. The molecule has 5 N–H and O–H groups in total. The van der Waals surface area contributed by atoms with Crippen LogP contribution in [0.2, 0.25) is 0 Å². The normalized spacial score (nSPS) is 14.6. The molecule has 2 aromatic rings. The monoisotopic (exact) mass is 647 g/mol. The first-order valence-corrected chi connectivity index (χ1v) is 17.5. The Hall–Kier alpha value is -3.91. The van der Waals surface area contributed by atoms with Crippen LogP contribution < -0.4 is 21.7 Å². The average Bonchev–Trinajstić information content (AvgIpc) is 3.96. The predicted molar refractivity (Wildman–Crippen MR) is 200 cm³/mol. The molecule has 0 bridgehead atoms. The smallest absolute Gasteiger partial charge is 0.251 e. The van der Waals surface area contributed by atoms with Gasteiger partial charge in [-0.1, -0.05) is 95.2 Å². The van der Waals surface area contributed by atoms with Gasteiger partial charge in [0.2, 0.25) is 6.41 Å². The van der Waals surface area contributed by atoms with Gasteiger partial charge in [0.05, 0.1) is 6.61 Å². The standard InChI is InChI=1S/C27H34N4O.C6H12.C4H9NO2.C2H6/c1-4-6-25(22-9-10-22)31-26(29-5-2)17-19(3)18-30-27(32)23-11-7-20(8-12-23)21-13-15-24(28)16-14-21;1-2-4-6-5-3-1;1-7-3-2-5-4-6;1-2/h6-8,11-17,22H,4-5,9-10,18,28H2,1-3H3,(H,29,31)(H,30,32);1-6H2;4H,2-3H2,1H3,(H,5,6);1-2H3/b19-17+,25-6+;;;. The predicted octanol–water partition coefficient (Wildman–Crippen LogP) is 8.07. The number of ether oxygens (including phenoxy) is 1. The third-order valence-electron chi connectivity index (χ3n) is 7.38. The quantitative estimate of drug-likeness (QED) is 0.0577. The van der Waals surface area contributed by atoms with E-state index in [2.05, 4.69) is 38.7 Å². The Morgan fingerprint density at radius 3 is 1.96 bits per heavy atom. The molecule has 0 spiro atoms. The van der Waals surface area contributed by atoms with Crippen LogP contribution in [0.25, 0.3) is 11.1 Å². The fourth-order valence-corrected chi connectivity index (χ4v) is 4.75. The number of nitrogen functional groups attached to an aromatic ring is 1. The van der Waals surface area contributed by atoms with Crippen molar-refractivity contribution in [2.75, 3.05) is 39.1 Å². The van der Waals surface area contributed by atoms with E-state index in [1.54, 1.807) is 7.11 Å². The number of amidine groups is 1. The molecule has 0 atom stereocenters. The molecular formula is C39H61N5O3. The van der Waals surface area contributed by atoms with Crippen LogP contribution in [0.1, 0.15) is 103 Å². The third-order valence-corrected chi connectivity index (χ3v) is 7.38. The zero-order chi connectivity index (χ0) is 34.7. The molecule has 8 nitrogen and oxygen atoms in total. The van der Waals surface area contributed by atoms with E-state index in [0.717, 1.165) is 34.6 Å². The van der Waals surface area contributed by atoms with Crippen molar-refractivity contribution in [1.29, 1.82) is 0 Å². The number of anilines is 1. The van der Waals surface area contributed by atoms with Crippen LogP contribution >= 0.6 is 0 Å². The van der Waals surface area contributed by atoms with E-state index in [9.17, 15) is 9.59 Å². The topological polar surface area (TPSA) is 118 Å². The minimum atomic E-state index is -0.0897. The number of nitrogens with one attached hydrogen (secondary N) is 3. The van der Waals surface area contributed by atoms with Gasteiger partial charge in [-0.2, -0.15) is 0 Å². The number of amides is 2. The summed E-state index contributed by atoms with van der Waals surface area (Å²) in [6, 6.07) is 15.3. The molecule has 0 saturated heterocycles. The summed E-state index contributed by atoms with van der Waals surface area (Å²) in [6.45, 7) is 12.6. The summed E-state index contributed by atoms with van der Waals surface area (Å²) in [7, 11) is 1.59. The van der Waals surface area contributed by atoms with Crippen LogP contribution in [0.3, 0.4) is 0 Å². The molecule has 0 aliphatic heterocycles. The Morgan fingerprint density at radius 1 is 0.936 bits per heavy atom. The number of benzene rings is 2. The highest BCUT2D eigenvalue weighted by Crippen LogP contribution is 2.35. The Bertz CT molecular complexity index is 1200. The molecule has 2 aliphatic carbocycles. The highest BCUT2D eigenvalue weighted by molar-refractivity contribution is 5.96. The summed E-state index contributed by atoms with van der Waals surface area (Å²) in [6.07, 6.45) is 17.4. The molecule has 8 heteroatoms. The van der Waals surface area contributed by atoms with Gasteiger partial charge in [0, 0.05) is 43.7 Å². The molecule has 2 saturated carbocycles. The number of carbonyl (C=O) groups excluding carboxylic acids is 2. The van der Waals surface area contributed by atoms with E-state index in [1.807, 2.05) is 82.3 Å². The molecule has 0 aromatic heterocycles. The molecule has 2 aromatic carbocycles. The zero-order valence-electron chi connectivity index (χ0n) is 29.9. The maximum absolute atomic E-state index is 12.6. The number of rotatable bonds is 13. The van der Waals surface area contributed by atoms with Crippen LogP contribution in [0, 0.1) is 5.92 Å². The van der Waals surface area contributed by atoms with Crippen molar-refractivity contribution in [3.8, 4) is 11.1 Å². The minimum Gasteiger partial charge on any atom is -0.399 e. The van der Waals surface area contributed by atoms with Gasteiger partial charge in [-0.25, -0.2) is 0 Å².